The molecule has 0 aliphatic carbocycles. The van der Waals surface area contributed by atoms with Gasteiger partial charge in [0, 0.05) is 24.4 Å². The van der Waals surface area contributed by atoms with Gasteiger partial charge in [0.05, 0.1) is 24.5 Å². The van der Waals surface area contributed by atoms with Gasteiger partial charge in [0.25, 0.3) is 5.91 Å². The maximum Gasteiger partial charge on any atom is 0.272 e. The van der Waals surface area contributed by atoms with Gasteiger partial charge in [-0.3, -0.25) is 14.9 Å². The fraction of sp³-hybridized carbons (Fsp3) is 0.0556. The van der Waals surface area contributed by atoms with Crippen LogP contribution in [0.25, 0.3) is 22.7 Å². The second-order valence-electron chi connectivity index (χ2n) is 5.39. The fourth-order valence-corrected chi connectivity index (χ4v) is 2.38. The van der Waals surface area contributed by atoms with E-state index in [4.69, 9.17) is 8.83 Å². The second kappa shape index (κ2) is 6.48. The van der Waals surface area contributed by atoms with Gasteiger partial charge >= 0.3 is 0 Å². The molecule has 0 atom stereocenters. The Kier molecular flexibility index (Phi) is 3.88. The largest absolute Gasteiger partial charge is 0.472 e. The molecule has 7 nitrogen and oxygen atoms in total. The van der Waals surface area contributed by atoms with Crippen LogP contribution in [0.5, 0.6) is 0 Å². The first-order chi connectivity index (χ1) is 12.3. The van der Waals surface area contributed by atoms with Crippen molar-refractivity contribution < 1.29 is 13.6 Å². The topological polar surface area (TPSA) is 97.0 Å². The highest BCUT2D eigenvalue weighted by Gasteiger charge is 2.12. The van der Waals surface area contributed by atoms with E-state index < -0.39 is 0 Å². The Balaban J connectivity index is 1.39. The number of amides is 1. The van der Waals surface area contributed by atoms with Crippen molar-refractivity contribution in [2.45, 2.75) is 6.54 Å². The molecule has 0 saturated carbocycles. The molecule has 0 aliphatic heterocycles. The molecule has 7 heteroatoms. The van der Waals surface area contributed by atoms with Gasteiger partial charge in [-0.1, -0.05) is 6.07 Å². The zero-order valence-electron chi connectivity index (χ0n) is 13.1. The normalized spacial score (nSPS) is 10.7. The number of H-pyrrole nitrogens is 1. The van der Waals surface area contributed by atoms with Gasteiger partial charge < -0.3 is 14.2 Å². The number of aromatic nitrogens is 3. The van der Waals surface area contributed by atoms with Crippen molar-refractivity contribution in [3.63, 3.8) is 0 Å². The highest BCUT2D eigenvalue weighted by atomic mass is 16.3. The van der Waals surface area contributed by atoms with Crippen LogP contribution in [-0.4, -0.2) is 21.1 Å². The number of carbonyl (C=O) groups is 1. The van der Waals surface area contributed by atoms with Crippen LogP contribution in [0, 0.1) is 0 Å². The van der Waals surface area contributed by atoms with Crippen LogP contribution in [0.1, 0.15) is 16.1 Å². The number of carbonyl (C=O) groups excluding carboxylic acids is 1. The molecular formula is C18H14N4O3. The van der Waals surface area contributed by atoms with Gasteiger partial charge in [0.15, 0.2) is 11.5 Å². The Morgan fingerprint density at radius 3 is 2.88 bits per heavy atom. The molecule has 25 heavy (non-hydrogen) atoms. The summed E-state index contributed by atoms with van der Waals surface area (Å²) < 4.78 is 10.3. The lowest BCUT2D eigenvalue weighted by Gasteiger charge is -2.04. The molecule has 1 amide bonds. The predicted molar refractivity (Wildman–Crippen MR) is 89.4 cm³/mol. The highest BCUT2D eigenvalue weighted by Crippen LogP contribution is 2.18. The molecule has 0 aliphatic rings. The van der Waals surface area contributed by atoms with Crippen LogP contribution in [0.2, 0.25) is 0 Å². The Hall–Kier alpha value is -3.61. The molecule has 4 aromatic rings. The van der Waals surface area contributed by atoms with Gasteiger partial charge in [0.1, 0.15) is 5.69 Å². The van der Waals surface area contributed by atoms with Gasteiger partial charge in [-0.15, -0.1) is 0 Å². The van der Waals surface area contributed by atoms with E-state index in [0.717, 1.165) is 16.8 Å². The quantitative estimate of drug-likeness (QED) is 0.584. The minimum atomic E-state index is -0.270. The SMILES string of the molecule is O=C(NCc1ccc(-c2ccoc2)nc1)c1cc(-c2ccco2)[nH]n1. The molecule has 0 saturated heterocycles. The minimum Gasteiger partial charge on any atom is -0.472 e. The molecule has 4 rings (SSSR count). The van der Waals surface area contributed by atoms with E-state index in [0.29, 0.717) is 23.7 Å². The second-order valence-corrected chi connectivity index (χ2v) is 5.39. The molecule has 2 N–H and O–H groups in total. The van der Waals surface area contributed by atoms with Crippen molar-refractivity contribution in [1.82, 2.24) is 20.5 Å². The molecule has 0 spiro atoms. The number of hydrogen-bond donors (Lipinski definition) is 2. The molecule has 124 valence electrons. The first kappa shape index (κ1) is 14.9. The van der Waals surface area contributed by atoms with Crippen LogP contribution in [0.4, 0.5) is 0 Å². The zero-order valence-corrected chi connectivity index (χ0v) is 13.1. The lowest BCUT2D eigenvalue weighted by atomic mass is 10.2. The van der Waals surface area contributed by atoms with Crippen molar-refractivity contribution in [2.24, 2.45) is 0 Å². The molecule has 0 fully saturated rings. The summed E-state index contributed by atoms with van der Waals surface area (Å²) in [6.45, 7) is 0.362. The van der Waals surface area contributed by atoms with E-state index in [1.807, 2.05) is 18.2 Å². The first-order valence-electron chi connectivity index (χ1n) is 7.64. The third-order valence-corrected chi connectivity index (χ3v) is 3.69. The maximum absolute atomic E-state index is 12.2. The smallest absolute Gasteiger partial charge is 0.272 e. The Labute approximate surface area is 142 Å². The summed E-state index contributed by atoms with van der Waals surface area (Å²) in [4.78, 5) is 16.6. The summed E-state index contributed by atoms with van der Waals surface area (Å²) in [5, 5.41) is 9.61. The molecule has 0 aromatic carbocycles. The van der Waals surface area contributed by atoms with Crippen LogP contribution >= 0.6 is 0 Å². The van der Waals surface area contributed by atoms with Crippen LogP contribution in [-0.2, 0) is 6.54 Å². The summed E-state index contributed by atoms with van der Waals surface area (Å²) >= 11 is 0. The molecule has 0 unspecified atom stereocenters. The number of nitrogens with zero attached hydrogens (tertiary/aromatic N) is 2. The average Bonchev–Trinajstić information content (AvgIpc) is 3.42. The third kappa shape index (κ3) is 3.20. The minimum absolute atomic E-state index is 0.270. The van der Waals surface area contributed by atoms with E-state index in [2.05, 4.69) is 20.5 Å². The van der Waals surface area contributed by atoms with Crippen LogP contribution in [0.3, 0.4) is 0 Å². The molecule has 0 bridgehead atoms. The van der Waals surface area contributed by atoms with Crippen molar-refractivity contribution in [2.75, 3.05) is 0 Å². The van der Waals surface area contributed by atoms with Crippen molar-refractivity contribution >= 4 is 5.91 Å². The average molecular weight is 334 g/mol. The Bertz CT molecular complexity index is 954. The van der Waals surface area contributed by atoms with Gasteiger partial charge in [-0.2, -0.15) is 5.10 Å². The summed E-state index contributed by atoms with van der Waals surface area (Å²) in [5.41, 5.74) is 3.58. The number of hydrogen-bond acceptors (Lipinski definition) is 5. The summed E-state index contributed by atoms with van der Waals surface area (Å²) in [5.74, 6) is 0.360. The fourth-order valence-electron chi connectivity index (χ4n) is 2.38. The standard InChI is InChI=1S/C18H14N4O3/c23-18(16-8-15(21-22-16)17-2-1-6-25-17)20-10-12-3-4-14(19-9-12)13-5-7-24-11-13/h1-9,11H,10H2,(H,20,23)(H,21,22). The molecule has 0 radical (unpaired) electrons. The monoisotopic (exact) mass is 334 g/mol. The lowest BCUT2D eigenvalue weighted by Crippen LogP contribution is -2.23. The highest BCUT2D eigenvalue weighted by molar-refractivity contribution is 5.93. The summed E-state index contributed by atoms with van der Waals surface area (Å²) in [7, 11) is 0. The zero-order chi connectivity index (χ0) is 17.1. The van der Waals surface area contributed by atoms with E-state index in [-0.39, 0.29) is 5.91 Å². The number of furan rings is 2. The lowest BCUT2D eigenvalue weighted by molar-refractivity contribution is 0.0946. The van der Waals surface area contributed by atoms with Crippen molar-refractivity contribution in [1.29, 1.82) is 0 Å². The molecule has 4 heterocycles. The number of pyridine rings is 1. The van der Waals surface area contributed by atoms with E-state index in [1.54, 1.807) is 43.2 Å². The Morgan fingerprint density at radius 2 is 2.16 bits per heavy atom. The van der Waals surface area contributed by atoms with Crippen molar-refractivity contribution in [3.8, 4) is 22.7 Å². The van der Waals surface area contributed by atoms with Gasteiger partial charge in [-0.05, 0) is 29.8 Å². The van der Waals surface area contributed by atoms with Crippen LogP contribution in [0.15, 0.2) is 70.2 Å². The number of nitrogens with one attached hydrogen (secondary N) is 2. The Morgan fingerprint density at radius 1 is 1.20 bits per heavy atom. The van der Waals surface area contributed by atoms with E-state index in [9.17, 15) is 4.79 Å². The number of rotatable bonds is 5. The third-order valence-electron chi connectivity index (χ3n) is 3.69. The van der Waals surface area contributed by atoms with Crippen LogP contribution < -0.4 is 5.32 Å². The number of aromatic amines is 1. The first-order valence-corrected chi connectivity index (χ1v) is 7.64. The molecule has 4 aromatic heterocycles. The maximum atomic E-state index is 12.2. The van der Waals surface area contributed by atoms with Gasteiger partial charge in [-0.25, -0.2) is 0 Å². The molecular weight excluding hydrogens is 320 g/mol. The predicted octanol–water partition coefficient (Wildman–Crippen LogP) is 3.25. The van der Waals surface area contributed by atoms with E-state index in [1.165, 1.54) is 0 Å². The van der Waals surface area contributed by atoms with Crippen molar-refractivity contribution in [3.05, 3.63) is 72.6 Å². The van der Waals surface area contributed by atoms with Gasteiger partial charge in [0.2, 0.25) is 0 Å². The summed E-state index contributed by atoms with van der Waals surface area (Å²) in [6.07, 6.45) is 6.53. The van der Waals surface area contributed by atoms with E-state index >= 15 is 0 Å². The summed E-state index contributed by atoms with van der Waals surface area (Å²) in [6, 6.07) is 10.9.